The van der Waals surface area contributed by atoms with Crippen LogP contribution in [0.15, 0.2) is 6.20 Å². The van der Waals surface area contributed by atoms with E-state index in [1.54, 1.807) is 6.20 Å². The molecule has 1 unspecified atom stereocenters. The van der Waals surface area contributed by atoms with Gasteiger partial charge in [-0.05, 0) is 18.2 Å². The third-order valence-electron chi connectivity index (χ3n) is 1.82. The fourth-order valence-corrected chi connectivity index (χ4v) is 1.75. The van der Waals surface area contributed by atoms with Gasteiger partial charge in [-0.1, -0.05) is 28.1 Å². The predicted octanol–water partition coefficient (Wildman–Crippen LogP) is 3.38. The molecule has 0 aliphatic carbocycles. The summed E-state index contributed by atoms with van der Waals surface area (Å²) in [6, 6.07) is 0. The maximum atomic E-state index is 11.9. The van der Waals surface area contributed by atoms with Crippen LogP contribution in [0.4, 0.5) is 13.2 Å². The zero-order chi connectivity index (χ0) is 12.2. The predicted molar refractivity (Wildman–Crippen MR) is 60.5 cm³/mol. The van der Waals surface area contributed by atoms with E-state index < -0.39 is 5.51 Å². The Morgan fingerprint density at radius 2 is 2.25 bits per heavy atom. The van der Waals surface area contributed by atoms with Crippen molar-refractivity contribution >= 4 is 27.7 Å². The minimum Gasteiger partial charge on any atom is -0.251 e. The van der Waals surface area contributed by atoms with Crippen LogP contribution < -0.4 is 0 Å². The van der Waals surface area contributed by atoms with Crippen molar-refractivity contribution in [2.45, 2.75) is 30.2 Å². The van der Waals surface area contributed by atoms with Crippen molar-refractivity contribution in [3.63, 3.8) is 0 Å². The van der Waals surface area contributed by atoms with E-state index in [4.69, 9.17) is 0 Å². The van der Waals surface area contributed by atoms with Gasteiger partial charge < -0.3 is 0 Å². The van der Waals surface area contributed by atoms with Crippen LogP contribution in [-0.4, -0.2) is 26.3 Å². The zero-order valence-corrected chi connectivity index (χ0v) is 10.9. The van der Waals surface area contributed by atoms with Crippen LogP contribution in [0.25, 0.3) is 0 Å². The Balaban J connectivity index is 2.41. The van der Waals surface area contributed by atoms with Crippen molar-refractivity contribution in [1.29, 1.82) is 0 Å². The highest BCUT2D eigenvalue weighted by atomic mass is 79.9. The van der Waals surface area contributed by atoms with Gasteiger partial charge in [0.1, 0.15) is 0 Å². The van der Waals surface area contributed by atoms with Gasteiger partial charge in [0.25, 0.3) is 0 Å². The first-order valence-corrected chi connectivity index (χ1v) is 6.57. The fraction of sp³-hybridized carbons (Fsp3) is 0.750. The quantitative estimate of drug-likeness (QED) is 0.780. The molecule has 0 bridgehead atoms. The first-order chi connectivity index (χ1) is 7.42. The van der Waals surface area contributed by atoms with Crippen LogP contribution >= 0.6 is 27.7 Å². The molecule has 3 nitrogen and oxygen atoms in total. The van der Waals surface area contributed by atoms with Gasteiger partial charge in [-0.2, -0.15) is 13.2 Å². The van der Waals surface area contributed by atoms with E-state index in [9.17, 15) is 13.2 Å². The summed E-state index contributed by atoms with van der Waals surface area (Å²) in [5.41, 5.74) is -3.43. The van der Waals surface area contributed by atoms with E-state index >= 15 is 0 Å². The number of aromatic nitrogens is 3. The number of nitrogens with zero attached hydrogens (tertiary/aromatic N) is 3. The average molecular weight is 318 g/mol. The first-order valence-electron chi connectivity index (χ1n) is 4.67. The van der Waals surface area contributed by atoms with E-state index in [0.29, 0.717) is 0 Å². The summed E-state index contributed by atoms with van der Waals surface area (Å²) in [5, 5.41) is 7.64. The molecule has 1 heterocycles. The smallest absolute Gasteiger partial charge is 0.251 e. The molecule has 92 valence electrons. The Kier molecular flexibility index (Phi) is 5.10. The summed E-state index contributed by atoms with van der Waals surface area (Å²) >= 11 is 3.35. The summed E-state index contributed by atoms with van der Waals surface area (Å²) < 4.78 is 37.0. The van der Waals surface area contributed by atoms with Gasteiger partial charge in [-0.15, -0.1) is 5.10 Å². The lowest BCUT2D eigenvalue weighted by Gasteiger charge is -2.04. The van der Waals surface area contributed by atoms with Crippen molar-refractivity contribution < 1.29 is 13.2 Å². The van der Waals surface area contributed by atoms with Crippen LogP contribution in [0.3, 0.4) is 0 Å². The monoisotopic (exact) mass is 317 g/mol. The van der Waals surface area contributed by atoms with Crippen molar-refractivity contribution in [1.82, 2.24) is 15.0 Å². The Labute approximate surface area is 104 Å². The average Bonchev–Trinajstić information content (AvgIpc) is 2.63. The van der Waals surface area contributed by atoms with Crippen LogP contribution in [0.5, 0.6) is 0 Å². The Morgan fingerprint density at radius 1 is 1.56 bits per heavy atom. The topological polar surface area (TPSA) is 30.7 Å². The second kappa shape index (κ2) is 5.90. The lowest BCUT2D eigenvalue weighted by Crippen LogP contribution is -2.07. The van der Waals surface area contributed by atoms with Gasteiger partial charge in [0, 0.05) is 11.9 Å². The van der Waals surface area contributed by atoms with E-state index in [-0.39, 0.29) is 28.9 Å². The zero-order valence-electron chi connectivity index (χ0n) is 8.54. The Bertz CT molecular complexity index is 329. The number of hydrogen-bond donors (Lipinski definition) is 0. The molecule has 0 aliphatic heterocycles. The Morgan fingerprint density at radius 3 is 2.81 bits per heavy atom. The third-order valence-corrected chi connectivity index (χ3v) is 3.65. The Hall–Kier alpha value is -0.240. The molecule has 1 aromatic heterocycles. The molecule has 0 spiro atoms. The lowest BCUT2D eigenvalue weighted by molar-refractivity contribution is -0.0328. The lowest BCUT2D eigenvalue weighted by atomic mass is 10.3. The van der Waals surface area contributed by atoms with Crippen LogP contribution in [0, 0.1) is 0 Å². The fourth-order valence-electron chi connectivity index (χ4n) is 1.03. The van der Waals surface area contributed by atoms with E-state index in [0.717, 1.165) is 12.1 Å². The summed E-state index contributed by atoms with van der Waals surface area (Å²) in [5.74, 6) is -0.0502. The largest absolute Gasteiger partial charge is 0.441 e. The van der Waals surface area contributed by atoms with E-state index in [1.807, 2.05) is 6.92 Å². The molecule has 0 fully saturated rings. The molecular formula is C8H11BrF3N3S. The number of rotatable bonds is 5. The van der Waals surface area contributed by atoms with Crippen molar-refractivity contribution in [3.8, 4) is 0 Å². The van der Waals surface area contributed by atoms with E-state index in [1.165, 1.54) is 4.68 Å². The molecule has 1 rings (SSSR count). The van der Waals surface area contributed by atoms with E-state index in [2.05, 4.69) is 26.2 Å². The molecule has 16 heavy (non-hydrogen) atoms. The molecule has 0 saturated carbocycles. The highest BCUT2D eigenvalue weighted by Gasteiger charge is 2.27. The third kappa shape index (κ3) is 4.73. The SMILES string of the molecule is CCC(Br)c1cn(CCSC(F)(F)F)nn1. The van der Waals surface area contributed by atoms with Crippen LogP contribution in [0.2, 0.25) is 0 Å². The minimum atomic E-state index is -4.18. The van der Waals surface area contributed by atoms with Gasteiger partial charge in [-0.3, -0.25) is 4.68 Å². The highest BCUT2D eigenvalue weighted by molar-refractivity contribution is 9.09. The number of thioether (sulfide) groups is 1. The molecule has 1 atom stereocenters. The van der Waals surface area contributed by atoms with Gasteiger partial charge in [0.15, 0.2) is 0 Å². The van der Waals surface area contributed by atoms with Crippen LogP contribution in [-0.2, 0) is 6.54 Å². The molecule has 0 saturated heterocycles. The highest BCUT2D eigenvalue weighted by Crippen LogP contribution is 2.30. The van der Waals surface area contributed by atoms with Crippen molar-refractivity contribution in [2.75, 3.05) is 5.75 Å². The molecule has 1 aromatic rings. The van der Waals surface area contributed by atoms with Gasteiger partial charge in [0.05, 0.1) is 17.1 Å². The summed E-state index contributed by atoms with van der Waals surface area (Å²) in [6.45, 7) is 2.19. The second-order valence-corrected chi connectivity index (χ2v) is 5.34. The van der Waals surface area contributed by atoms with Crippen LogP contribution in [0.1, 0.15) is 23.9 Å². The molecule has 0 amide bonds. The van der Waals surface area contributed by atoms with Gasteiger partial charge in [0.2, 0.25) is 0 Å². The number of hydrogen-bond acceptors (Lipinski definition) is 3. The maximum Gasteiger partial charge on any atom is 0.441 e. The molecule has 0 radical (unpaired) electrons. The summed E-state index contributed by atoms with van der Waals surface area (Å²) in [6.07, 6.45) is 2.52. The number of halogens is 4. The number of alkyl halides is 4. The van der Waals surface area contributed by atoms with Gasteiger partial charge >= 0.3 is 5.51 Å². The first kappa shape index (κ1) is 13.8. The van der Waals surface area contributed by atoms with Gasteiger partial charge in [-0.25, -0.2) is 0 Å². The molecule has 0 aromatic carbocycles. The maximum absolute atomic E-state index is 11.9. The molecule has 0 aliphatic rings. The number of aryl methyl sites for hydroxylation is 1. The normalized spacial score (nSPS) is 14.1. The summed E-state index contributed by atoms with van der Waals surface area (Å²) in [7, 11) is 0. The molecule has 0 N–H and O–H groups in total. The minimum absolute atomic E-state index is 0.0485. The molecule has 8 heteroatoms. The standard InChI is InChI=1S/C8H11BrF3N3S/c1-2-6(9)7-5-15(14-13-7)3-4-16-8(10,11)12/h5-6H,2-4H2,1H3. The molecular weight excluding hydrogens is 307 g/mol. The second-order valence-electron chi connectivity index (χ2n) is 3.08. The van der Waals surface area contributed by atoms with Crippen molar-refractivity contribution in [3.05, 3.63) is 11.9 Å². The van der Waals surface area contributed by atoms with Crippen molar-refractivity contribution in [2.24, 2.45) is 0 Å². The summed E-state index contributed by atoms with van der Waals surface area (Å²) in [4.78, 5) is 0.108.